The fraction of sp³-hybridized carbons (Fsp3) is 0.429. The molecule has 0 heterocycles. The molecule has 0 spiro atoms. The van der Waals surface area contributed by atoms with Gasteiger partial charge in [0.25, 0.3) is 0 Å². The van der Waals surface area contributed by atoms with Gasteiger partial charge in [0.05, 0.1) is 0 Å². The minimum Gasteiger partial charge on any atom is -0.481 e. The second-order valence-corrected chi connectivity index (χ2v) is 5.47. The first kappa shape index (κ1) is 15.7. The lowest BCUT2D eigenvalue weighted by atomic mass is 10.0. The first-order chi connectivity index (χ1) is 8.88. The average molecular weight is 328 g/mol. The van der Waals surface area contributed by atoms with Crippen molar-refractivity contribution in [1.82, 2.24) is 5.32 Å². The Labute approximate surface area is 121 Å². The van der Waals surface area contributed by atoms with E-state index in [1.165, 1.54) is 6.92 Å². The number of nitrogens with one attached hydrogen (secondary N) is 1. The van der Waals surface area contributed by atoms with E-state index in [1.54, 1.807) is 0 Å². The minimum atomic E-state index is -0.845. The van der Waals surface area contributed by atoms with Gasteiger partial charge in [0.1, 0.15) is 0 Å². The van der Waals surface area contributed by atoms with Gasteiger partial charge < -0.3 is 10.4 Å². The van der Waals surface area contributed by atoms with Gasteiger partial charge in [-0.3, -0.25) is 9.59 Å². The van der Waals surface area contributed by atoms with Crippen molar-refractivity contribution in [1.29, 1.82) is 0 Å². The molecule has 0 saturated heterocycles. The zero-order chi connectivity index (χ0) is 14.4. The molecule has 0 fully saturated rings. The Morgan fingerprint density at radius 3 is 2.63 bits per heavy atom. The third-order valence-electron chi connectivity index (χ3n) is 2.82. The number of rotatable bonds is 6. The molecule has 1 atom stereocenters. The molecule has 1 amide bonds. The Morgan fingerprint density at radius 2 is 2.11 bits per heavy atom. The molecule has 1 aromatic carbocycles. The molecule has 19 heavy (non-hydrogen) atoms. The lowest BCUT2D eigenvalue weighted by Gasteiger charge is -2.17. The van der Waals surface area contributed by atoms with Crippen LogP contribution in [0.3, 0.4) is 0 Å². The Balaban J connectivity index is 2.71. The summed E-state index contributed by atoms with van der Waals surface area (Å²) in [6.07, 6.45) is 1.13. The summed E-state index contributed by atoms with van der Waals surface area (Å²) in [5, 5.41) is 11.5. The number of hydrogen-bond donors (Lipinski definition) is 2. The molecule has 0 aliphatic heterocycles. The second kappa shape index (κ2) is 7.28. The van der Waals surface area contributed by atoms with Gasteiger partial charge in [-0.2, -0.15) is 0 Å². The number of amides is 1. The number of carbonyl (C=O) groups excluding carboxylic acids is 1. The van der Waals surface area contributed by atoms with E-state index < -0.39 is 5.97 Å². The lowest BCUT2D eigenvalue weighted by molar-refractivity contribution is -0.137. The van der Waals surface area contributed by atoms with Crippen molar-refractivity contribution in [2.45, 2.75) is 39.2 Å². The van der Waals surface area contributed by atoms with Gasteiger partial charge in [-0.1, -0.05) is 28.1 Å². The van der Waals surface area contributed by atoms with Crippen molar-refractivity contribution in [3.8, 4) is 0 Å². The van der Waals surface area contributed by atoms with Crippen molar-refractivity contribution < 1.29 is 14.7 Å². The molecule has 4 nitrogen and oxygen atoms in total. The lowest BCUT2D eigenvalue weighted by Crippen LogP contribution is -2.35. The van der Waals surface area contributed by atoms with Gasteiger partial charge in [-0.25, -0.2) is 0 Å². The van der Waals surface area contributed by atoms with E-state index in [-0.39, 0.29) is 18.4 Å². The van der Waals surface area contributed by atoms with Crippen LogP contribution in [0.1, 0.15) is 30.9 Å². The van der Waals surface area contributed by atoms with Crippen molar-refractivity contribution in [3.05, 3.63) is 33.8 Å². The highest BCUT2D eigenvalue weighted by Gasteiger charge is 2.13. The van der Waals surface area contributed by atoms with E-state index in [4.69, 9.17) is 5.11 Å². The number of carboxylic acid groups (broad SMARTS) is 1. The number of aliphatic carboxylic acids is 1. The van der Waals surface area contributed by atoms with Crippen LogP contribution >= 0.6 is 15.9 Å². The molecule has 0 aliphatic carbocycles. The van der Waals surface area contributed by atoms with E-state index in [9.17, 15) is 9.59 Å². The number of halogens is 1. The van der Waals surface area contributed by atoms with E-state index in [0.29, 0.717) is 12.8 Å². The summed E-state index contributed by atoms with van der Waals surface area (Å²) >= 11 is 3.44. The molecule has 2 N–H and O–H groups in total. The molecule has 1 aromatic rings. The molecule has 1 rings (SSSR count). The third kappa shape index (κ3) is 5.87. The summed E-state index contributed by atoms with van der Waals surface area (Å²) in [6.45, 7) is 3.44. The largest absolute Gasteiger partial charge is 0.481 e. The maximum absolute atomic E-state index is 11.1. The maximum atomic E-state index is 11.1. The Hall–Kier alpha value is -1.36. The average Bonchev–Trinajstić information content (AvgIpc) is 2.30. The number of carboxylic acids is 1. The Kier molecular flexibility index (Phi) is 6.02. The molecular weight excluding hydrogens is 310 g/mol. The molecular formula is C14H18BrNO3. The van der Waals surface area contributed by atoms with Crippen molar-refractivity contribution in [2.24, 2.45) is 0 Å². The highest BCUT2D eigenvalue weighted by Crippen LogP contribution is 2.18. The van der Waals surface area contributed by atoms with Gasteiger partial charge >= 0.3 is 5.97 Å². The number of carbonyl (C=O) groups is 2. The number of aryl methyl sites for hydroxylation is 1. The topological polar surface area (TPSA) is 66.4 Å². The highest BCUT2D eigenvalue weighted by molar-refractivity contribution is 9.10. The van der Waals surface area contributed by atoms with Crippen LogP contribution in [-0.4, -0.2) is 23.0 Å². The monoisotopic (exact) mass is 327 g/mol. The standard InChI is InChI=1S/C14H18BrNO3/c1-9-7-11(3-5-13(9)15)8-12(16-10(2)17)4-6-14(18)19/h3,5,7,12H,4,6,8H2,1-2H3,(H,16,17)(H,18,19). The molecule has 0 saturated carbocycles. The predicted molar refractivity (Wildman–Crippen MR) is 77.1 cm³/mol. The molecule has 0 aromatic heterocycles. The van der Waals surface area contributed by atoms with Crippen LogP contribution in [0.2, 0.25) is 0 Å². The zero-order valence-corrected chi connectivity index (χ0v) is 12.7. The fourth-order valence-electron chi connectivity index (χ4n) is 1.93. The van der Waals surface area contributed by atoms with Gasteiger partial charge in [-0.05, 0) is 37.0 Å². The maximum Gasteiger partial charge on any atom is 0.303 e. The molecule has 104 valence electrons. The smallest absolute Gasteiger partial charge is 0.303 e. The van der Waals surface area contributed by atoms with E-state index in [0.717, 1.165) is 15.6 Å². The summed E-state index contributed by atoms with van der Waals surface area (Å²) in [4.78, 5) is 21.8. The van der Waals surface area contributed by atoms with Crippen LogP contribution < -0.4 is 5.32 Å². The second-order valence-electron chi connectivity index (χ2n) is 4.62. The number of benzene rings is 1. The van der Waals surface area contributed by atoms with Gasteiger partial charge in [-0.15, -0.1) is 0 Å². The fourth-order valence-corrected chi connectivity index (χ4v) is 2.18. The molecule has 5 heteroatoms. The summed E-state index contributed by atoms with van der Waals surface area (Å²) in [7, 11) is 0. The molecule has 0 radical (unpaired) electrons. The van der Waals surface area contributed by atoms with Gasteiger partial charge in [0.15, 0.2) is 0 Å². The van der Waals surface area contributed by atoms with Crippen molar-refractivity contribution >= 4 is 27.8 Å². The summed E-state index contributed by atoms with van der Waals surface area (Å²) in [5.41, 5.74) is 2.21. The first-order valence-corrected chi connectivity index (χ1v) is 6.91. The van der Waals surface area contributed by atoms with E-state index in [1.807, 2.05) is 25.1 Å². The van der Waals surface area contributed by atoms with Crippen molar-refractivity contribution in [2.75, 3.05) is 0 Å². The zero-order valence-electron chi connectivity index (χ0n) is 11.1. The van der Waals surface area contributed by atoms with Crippen molar-refractivity contribution in [3.63, 3.8) is 0 Å². The van der Waals surface area contributed by atoms with Crippen LogP contribution in [-0.2, 0) is 16.0 Å². The van der Waals surface area contributed by atoms with Crippen LogP contribution in [0.4, 0.5) is 0 Å². The minimum absolute atomic E-state index is 0.0560. The van der Waals surface area contributed by atoms with E-state index >= 15 is 0 Å². The summed E-state index contributed by atoms with van der Waals surface area (Å²) in [6, 6.07) is 5.84. The Morgan fingerprint density at radius 1 is 1.42 bits per heavy atom. The SMILES string of the molecule is CC(=O)NC(CCC(=O)O)Cc1ccc(Br)c(C)c1. The molecule has 0 aliphatic rings. The van der Waals surface area contributed by atoms with Gasteiger partial charge in [0, 0.05) is 23.9 Å². The summed E-state index contributed by atoms with van der Waals surface area (Å²) in [5.74, 6) is -0.980. The third-order valence-corrected chi connectivity index (χ3v) is 3.71. The van der Waals surface area contributed by atoms with E-state index in [2.05, 4.69) is 21.2 Å². The van der Waals surface area contributed by atoms with Crippen LogP contribution in [0, 0.1) is 6.92 Å². The quantitative estimate of drug-likeness (QED) is 0.844. The molecule has 1 unspecified atom stereocenters. The first-order valence-electron chi connectivity index (χ1n) is 6.12. The normalized spacial score (nSPS) is 11.9. The van der Waals surface area contributed by atoms with Gasteiger partial charge in [0.2, 0.25) is 5.91 Å². The highest BCUT2D eigenvalue weighted by atomic mass is 79.9. The molecule has 0 bridgehead atoms. The van der Waals surface area contributed by atoms with Crippen LogP contribution in [0.25, 0.3) is 0 Å². The summed E-state index contributed by atoms with van der Waals surface area (Å²) < 4.78 is 1.04. The Bertz CT molecular complexity index is 474. The van der Waals surface area contributed by atoms with Crippen LogP contribution in [0.15, 0.2) is 22.7 Å². The van der Waals surface area contributed by atoms with Crippen LogP contribution in [0.5, 0.6) is 0 Å². The number of hydrogen-bond acceptors (Lipinski definition) is 2. The predicted octanol–water partition coefficient (Wildman–Crippen LogP) is 2.67.